The van der Waals surface area contributed by atoms with Crippen LogP contribution >= 0.6 is 11.6 Å². The lowest BCUT2D eigenvalue weighted by atomic mass is 9.79. The third-order valence-electron chi connectivity index (χ3n) is 7.47. The van der Waals surface area contributed by atoms with Gasteiger partial charge in [-0.1, -0.05) is 105 Å². The highest BCUT2D eigenvalue weighted by Crippen LogP contribution is 2.44. The molecule has 0 aliphatic heterocycles. The lowest BCUT2D eigenvalue weighted by Crippen LogP contribution is -2.08. The number of hydrogen-bond donors (Lipinski definition) is 0. The van der Waals surface area contributed by atoms with Gasteiger partial charge in [-0.15, -0.1) is 0 Å². The van der Waals surface area contributed by atoms with E-state index in [0.29, 0.717) is 0 Å². The van der Waals surface area contributed by atoms with Crippen molar-refractivity contribution in [2.24, 2.45) is 11.8 Å². The highest BCUT2D eigenvalue weighted by molar-refractivity contribution is 6.30. The Morgan fingerprint density at radius 2 is 2.00 bits per heavy atom. The van der Waals surface area contributed by atoms with E-state index in [1.165, 1.54) is 53.5 Å². The van der Waals surface area contributed by atoms with Gasteiger partial charge in [0.05, 0.1) is 5.02 Å². The number of aryl methyl sites for hydroxylation is 1. The van der Waals surface area contributed by atoms with Crippen molar-refractivity contribution in [1.82, 2.24) is 0 Å². The molecular formula is C32H36ClF. The lowest BCUT2D eigenvalue weighted by molar-refractivity contribution is 0.462. The van der Waals surface area contributed by atoms with Gasteiger partial charge in [-0.05, 0) is 83.6 Å². The van der Waals surface area contributed by atoms with Crippen LogP contribution in [0, 0.1) is 17.7 Å². The zero-order valence-electron chi connectivity index (χ0n) is 20.5. The Bertz CT molecular complexity index is 1130. The van der Waals surface area contributed by atoms with Crippen LogP contribution < -0.4 is 0 Å². The highest BCUT2D eigenvalue weighted by Gasteiger charge is 2.25. The molecule has 0 saturated heterocycles. The Hall–Kier alpha value is -2.38. The van der Waals surface area contributed by atoms with Gasteiger partial charge in [0, 0.05) is 5.92 Å². The van der Waals surface area contributed by atoms with Gasteiger partial charge in [-0.2, -0.15) is 0 Å². The molecule has 0 fully saturated rings. The number of benzene rings is 2. The van der Waals surface area contributed by atoms with Gasteiger partial charge in [0.15, 0.2) is 0 Å². The third-order valence-corrected chi connectivity index (χ3v) is 7.77. The Balaban J connectivity index is 1.75. The van der Waals surface area contributed by atoms with Crippen molar-refractivity contribution >= 4 is 28.8 Å². The van der Waals surface area contributed by atoms with Crippen molar-refractivity contribution in [2.75, 3.05) is 0 Å². The molecule has 2 unspecified atom stereocenters. The predicted molar refractivity (Wildman–Crippen MR) is 146 cm³/mol. The number of halogens is 2. The maximum Gasteiger partial charge on any atom is 0.142 e. The zero-order chi connectivity index (χ0) is 24.1. The summed E-state index contributed by atoms with van der Waals surface area (Å²) in [6.07, 6.45) is 18.0. The van der Waals surface area contributed by atoms with Gasteiger partial charge in [0.1, 0.15) is 5.82 Å². The van der Waals surface area contributed by atoms with Crippen LogP contribution in [0.25, 0.3) is 17.2 Å². The van der Waals surface area contributed by atoms with Crippen LogP contribution in [0.2, 0.25) is 5.02 Å². The molecule has 2 heteroatoms. The van der Waals surface area contributed by atoms with E-state index in [-0.39, 0.29) is 16.8 Å². The van der Waals surface area contributed by atoms with Gasteiger partial charge in [0.2, 0.25) is 0 Å². The first-order chi connectivity index (χ1) is 16.5. The first kappa shape index (κ1) is 24.7. The summed E-state index contributed by atoms with van der Waals surface area (Å²) in [4.78, 5) is 0. The molecule has 2 aliphatic carbocycles. The summed E-state index contributed by atoms with van der Waals surface area (Å²) in [7, 11) is 0. The number of allylic oxidation sites excluding steroid dienone is 6. The second kappa shape index (κ2) is 11.4. The summed E-state index contributed by atoms with van der Waals surface area (Å²) in [6, 6.07) is 12.0. The molecule has 0 saturated carbocycles. The molecule has 178 valence electrons. The van der Waals surface area contributed by atoms with E-state index in [9.17, 15) is 4.39 Å². The SMILES string of the molecule is C=Cc1ccc2c(c1)CCCC(c1ccc(Cl)c(F)c1)=C2C1C=CC(CC(CC)CCC)=CC1. The highest BCUT2D eigenvalue weighted by atomic mass is 35.5. The molecule has 0 amide bonds. The largest absolute Gasteiger partial charge is 0.205 e. The van der Waals surface area contributed by atoms with Crippen LogP contribution in [-0.4, -0.2) is 0 Å². The van der Waals surface area contributed by atoms with E-state index in [1.54, 1.807) is 12.1 Å². The Morgan fingerprint density at radius 3 is 2.68 bits per heavy atom. The Labute approximate surface area is 209 Å². The van der Waals surface area contributed by atoms with E-state index in [0.717, 1.165) is 42.7 Å². The minimum absolute atomic E-state index is 0.179. The maximum atomic E-state index is 14.5. The standard InChI is InChI=1S/C32H36ClF/c1-4-8-22(5-2)19-24-11-14-25(15-12-24)32-28(27-16-18-30(33)31(34)21-27)10-7-9-26-20-23(6-3)13-17-29(26)32/h6,11-14,16-18,20-22,25H,3-5,7-10,15,19H2,1-2H3. The number of hydrogen-bond acceptors (Lipinski definition) is 0. The van der Waals surface area contributed by atoms with Gasteiger partial charge >= 0.3 is 0 Å². The molecule has 2 atom stereocenters. The normalized spacial score (nSPS) is 18.8. The average molecular weight is 475 g/mol. The molecule has 0 nitrogen and oxygen atoms in total. The molecule has 0 aromatic heterocycles. The minimum Gasteiger partial charge on any atom is -0.205 e. The van der Waals surface area contributed by atoms with Crippen molar-refractivity contribution in [3.63, 3.8) is 0 Å². The predicted octanol–water partition coefficient (Wildman–Crippen LogP) is 10.1. The molecule has 0 bridgehead atoms. The smallest absolute Gasteiger partial charge is 0.142 e. The molecule has 34 heavy (non-hydrogen) atoms. The summed E-state index contributed by atoms with van der Waals surface area (Å²) in [5.74, 6) is 0.704. The molecule has 2 aromatic rings. The topological polar surface area (TPSA) is 0 Å². The number of rotatable bonds is 8. The van der Waals surface area contributed by atoms with Crippen LogP contribution in [0.1, 0.15) is 81.0 Å². The third kappa shape index (κ3) is 5.47. The fourth-order valence-corrected chi connectivity index (χ4v) is 5.71. The van der Waals surface area contributed by atoms with Crippen LogP contribution in [0.15, 0.2) is 66.8 Å². The van der Waals surface area contributed by atoms with Crippen LogP contribution in [-0.2, 0) is 6.42 Å². The van der Waals surface area contributed by atoms with Gasteiger partial charge in [0.25, 0.3) is 0 Å². The van der Waals surface area contributed by atoms with Gasteiger partial charge in [-0.3, -0.25) is 0 Å². The van der Waals surface area contributed by atoms with E-state index >= 15 is 0 Å². The molecule has 0 spiro atoms. The quantitative estimate of drug-likeness (QED) is 0.357. The van der Waals surface area contributed by atoms with E-state index in [4.69, 9.17) is 11.6 Å². The number of fused-ring (bicyclic) bond motifs is 1. The van der Waals surface area contributed by atoms with E-state index in [2.05, 4.69) is 56.9 Å². The molecule has 0 radical (unpaired) electrons. The van der Waals surface area contributed by atoms with Crippen LogP contribution in [0.4, 0.5) is 4.39 Å². The molecule has 2 aliphatic rings. The van der Waals surface area contributed by atoms with Crippen LogP contribution in [0.3, 0.4) is 0 Å². The lowest BCUT2D eigenvalue weighted by Gasteiger charge is -2.25. The molecule has 2 aromatic carbocycles. The molecule has 4 rings (SSSR count). The summed E-state index contributed by atoms with van der Waals surface area (Å²) >= 11 is 6.02. The maximum absolute atomic E-state index is 14.5. The molecule has 0 N–H and O–H groups in total. The van der Waals surface area contributed by atoms with Crippen molar-refractivity contribution in [2.45, 2.75) is 65.2 Å². The van der Waals surface area contributed by atoms with E-state index < -0.39 is 0 Å². The monoisotopic (exact) mass is 474 g/mol. The average Bonchev–Trinajstić information content (AvgIpc) is 3.05. The minimum atomic E-state index is -0.347. The van der Waals surface area contributed by atoms with Crippen LogP contribution in [0.5, 0.6) is 0 Å². The van der Waals surface area contributed by atoms with Crippen molar-refractivity contribution in [3.8, 4) is 0 Å². The Kier molecular flexibility index (Phi) is 8.27. The van der Waals surface area contributed by atoms with Crippen molar-refractivity contribution in [3.05, 3.63) is 99.9 Å². The summed E-state index contributed by atoms with van der Waals surface area (Å²) in [6.45, 7) is 8.54. The summed E-state index contributed by atoms with van der Waals surface area (Å²) in [5.41, 5.74) is 8.84. The van der Waals surface area contributed by atoms with E-state index in [1.807, 2.05) is 12.1 Å². The second-order valence-electron chi connectivity index (χ2n) is 9.74. The first-order valence-corrected chi connectivity index (χ1v) is 13.2. The summed E-state index contributed by atoms with van der Waals surface area (Å²) < 4.78 is 14.5. The van der Waals surface area contributed by atoms with Crippen molar-refractivity contribution in [1.29, 1.82) is 0 Å². The van der Waals surface area contributed by atoms with Gasteiger partial charge < -0.3 is 0 Å². The first-order valence-electron chi connectivity index (χ1n) is 12.8. The zero-order valence-corrected chi connectivity index (χ0v) is 21.3. The fourth-order valence-electron chi connectivity index (χ4n) is 5.59. The Morgan fingerprint density at radius 1 is 1.15 bits per heavy atom. The van der Waals surface area contributed by atoms with Gasteiger partial charge in [-0.25, -0.2) is 4.39 Å². The molecular weight excluding hydrogens is 439 g/mol. The second-order valence-corrected chi connectivity index (χ2v) is 10.2. The van der Waals surface area contributed by atoms with Crippen molar-refractivity contribution < 1.29 is 4.39 Å². The fraction of sp³-hybridized carbons (Fsp3) is 0.375. The summed E-state index contributed by atoms with van der Waals surface area (Å²) in [5, 5.41) is 0.179. The molecule has 0 heterocycles.